The van der Waals surface area contributed by atoms with Gasteiger partial charge in [0.15, 0.2) is 5.78 Å². The molecule has 0 saturated carbocycles. The van der Waals surface area contributed by atoms with Gasteiger partial charge in [-0.1, -0.05) is 17.7 Å². The van der Waals surface area contributed by atoms with E-state index in [-0.39, 0.29) is 17.1 Å². The second-order valence-electron chi connectivity index (χ2n) is 5.00. The van der Waals surface area contributed by atoms with Gasteiger partial charge in [-0.05, 0) is 43.2 Å². The fraction of sp³-hybridized carbons (Fsp3) is 0.176. The van der Waals surface area contributed by atoms with E-state index in [1.165, 1.54) is 32.2 Å². The lowest BCUT2D eigenvalue weighted by Crippen LogP contribution is -2.04. The highest BCUT2D eigenvalue weighted by atomic mass is 35.5. The van der Waals surface area contributed by atoms with Crippen LogP contribution in [0.3, 0.4) is 0 Å². The summed E-state index contributed by atoms with van der Waals surface area (Å²) in [5.41, 5.74) is 1.30. The van der Waals surface area contributed by atoms with Gasteiger partial charge in [0, 0.05) is 10.6 Å². The number of halogens is 2. The van der Waals surface area contributed by atoms with Gasteiger partial charge in [0.25, 0.3) is 0 Å². The van der Waals surface area contributed by atoms with Crippen molar-refractivity contribution in [3.8, 4) is 16.9 Å². The van der Waals surface area contributed by atoms with E-state index in [9.17, 15) is 14.0 Å². The Labute approximate surface area is 137 Å². The van der Waals surface area contributed by atoms with Crippen LogP contribution < -0.4 is 4.74 Å². The minimum Gasteiger partial charge on any atom is -0.495 e. The van der Waals surface area contributed by atoms with Gasteiger partial charge in [0.05, 0.1) is 18.2 Å². The van der Waals surface area contributed by atoms with Gasteiger partial charge in [0.2, 0.25) is 0 Å². The monoisotopic (exact) mass is 336 g/mol. The van der Waals surface area contributed by atoms with Crippen LogP contribution in [0.5, 0.6) is 5.75 Å². The smallest absolute Gasteiger partial charge is 0.338 e. The summed E-state index contributed by atoms with van der Waals surface area (Å²) >= 11 is 6.17. The lowest BCUT2D eigenvalue weighted by Gasteiger charge is -2.17. The van der Waals surface area contributed by atoms with Crippen molar-refractivity contribution in [2.75, 3.05) is 7.11 Å². The molecule has 0 radical (unpaired) electrons. The molecule has 0 spiro atoms. The maximum absolute atomic E-state index is 14.0. The summed E-state index contributed by atoms with van der Waals surface area (Å²) in [6.45, 7) is 3.09. The summed E-state index contributed by atoms with van der Waals surface area (Å²) in [4.78, 5) is 22.7. The average Bonchev–Trinajstić information content (AvgIpc) is 2.48. The molecule has 0 aliphatic rings. The van der Waals surface area contributed by atoms with E-state index in [1.54, 1.807) is 6.92 Å². The maximum atomic E-state index is 14.0. The second kappa shape index (κ2) is 6.38. The van der Waals surface area contributed by atoms with E-state index < -0.39 is 17.3 Å². The molecule has 2 aromatic rings. The van der Waals surface area contributed by atoms with Gasteiger partial charge in [-0.15, -0.1) is 0 Å². The minimum atomic E-state index is -1.35. The third-order valence-electron chi connectivity index (χ3n) is 3.55. The molecule has 0 amide bonds. The summed E-state index contributed by atoms with van der Waals surface area (Å²) in [6.07, 6.45) is 0. The number of aromatic carboxylic acids is 1. The Kier molecular flexibility index (Phi) is 4.71. The number of benzene rings is 2. The molecule has 120 valence electrons. The highest BCUT2D eigenvalue weighted by Gasteiger charge is 2.21. The standard InChI is InChI=1S/C17H14ClFO4/c1-8-13(18)7-12(9(2)20)16(23-3)15(8)10-4-5-11(17(21)22)14(19)6-10/h4-7H,1-3H3,(H,21,22). The van der Waals surface area contributed by atoms with Gasteiger partial charge in [-0.2, -0.15) is 0 Å². The molecule has 6 heteroatoms. The van der Waals surface area contributed by atoms with Gasteiger partial charge in [0.1, 0.15) is 11.6 Å². The molecular weight excluding hydrogens is 323 g/mol. The largest absolute Gasteiger partial charge is 0.495 e. The fourth-order valence-corrected chi connectivity index (χ4v) is 2.59. The summed E-state index contributed by atoms with van der Waals surface area (Å²) in [7, 11) is 1.40. The first kappa shape index (κ1) is 17.0. The van der Waals surface area contributed by atoms with Crippen LogP contribution in [0, 0.1) is 12.7 Å². The molecule has 0 bridgehead atoms. The molecule has 0 aliphatic heterocycles. The number of ketones is 1. The minimum absolute atomic E-state index is 0.243. The summed E-state index contributed by atoms with van der Waals surface area (Å²) in [6, 6.07) is 5.22. The zero-order chi connectivity index (χ0) is 17.3. The van der Waals surface area contributed by atoms with Gasteiger partial charge < -0.3 is 9.84 Å². The number of carboxylic acid groups (broad SMARTS) is 1. The van der Waals surface area contributed by atoms with Crippen LogP contribution in [0.25, 0.3) is 11.1 Å². The molecule has 0 aromatic heterocycles. The predicted molar refractivity (Wildman–Crippen MR) is 85.1 cm³/mol. The number of rotatable bonds is 4. The third kappa shape index (κ3) is 3.05. The first-order chi connectivity index (χ1) is 10.8. The van der Waals surface area contributed by atoms with Crippen molar-refractivity contribution in [1.29, 1.82) is 0 Å². The quantitative estimate of drug-likeness (QED) is 0.842. The van der Waals surface area contributed by atoms with Crippen LogP contribution in [0.2, 0.25) is 5.02 Å². The number of Topliss-reactive ketones (excluding diaryl/α,β-unsaturated/α-hetero) is 1. The fourth-order valence-electron chi connectivity index (χ4n) is 2.39. The van der Waals surface area contributed by atoms with Gasteiger partial charge >= 0.3 is 5.97 Å². The van der Waals surface area contributed by atoms with Crippen molar-refractivity contribution in [2.45, 2.75) is 13.8 Å². The Morgan fingerprint density at radius 1 is 1.22 bits per heavy atom. The zero-order valence-electron chi connectivity index (χ0n) is 12.7. The number of ether oxygens (including phenoxy) is 1. The number of carbonyl (C=O) groups excluding carboxylic acids is 1. The van der Waals surface area contributed by atoms with E-state index in [4.69, 9.17) is 21.4 Å². The molecule has 2 aromatic carbocycles. The van der Waals surface area contributed by atoms with Crippen LogP contribution in [0.15, 0.2) is 24.3 Å². The molecule has 4 nitrogen and oxygen atoms in total. The number of hydrogen-bond acceptors (Lipinski definition) is 3. The molecule has 2 rings (SSSR count). The van der Waals surface area contributed by atoms with Crippen molar-refractivity contribution < 1.29 is 23.8 Å². The second-order valence-corrected chi connectivity index (χ2v) is 5.40. The normalized spacial score (nSPS) is 10.5. The van der Waals surface area contributed by atoms with Gasteiger partial charge in [-0.25, -0.2) is 9.18 Å². The first-order valence-electron chi connectivity index (χ1n) is 6.69. The molecule has 0 fully saturated rings. The van der Waals surface area contributed by atoms with E-state index in [0.717, 1.165) is 6.07 Å². The van der Waals surface area contributed by atoms with E-state index in [2.05, 4.69) is 0 Å². The van der Waals surface area contributed by atoms with Crippen LogP contribution in [-0.2, 0) is 0 Å². The van der Waals surface area contributed by atoms with Crippen LogP contribution in [0.4, 0.5) is 4.39 Å². The Morgan fingerprint density at radius 3 is 2.35 bits per heavy atom. The van der Waals surface area contributed by atoms with Crippen molar-refractivity contribution >= 4 is 23.4 Å². The summed E-state index contributed by atoms with van der Waals surface area (Å²) in [5, 5.41) is 9.25. The van der Waals surface area contributed by atoms with Crippen LogP contribution in [-0.4, -0.2) is 24.0 Å². The van der Waals surface area contributed by atoms with E-state index >= 15 is 0 Å². The Bertz CT molecular complexity index is 815. The number of carboxylic acids is 1. The molecular formula is C17H14ClFO4. The molecule has 0 saturated heterocycles. The third-order valence-corrected chi connectivity index (χ3v) is 3.94. The highest BCUT2D eigenvalue weighted by molar-refractivity contribution is 6.32. The summed E-state index contributed by atoms with van der Waals surface area (Å²) < 4.78 is 19.3. The Morgan fingerprint density at radius 2 is 1.87 bits per heavy atom. The maximum Gasteiger partial charge on any atom is 0.338 e. The SMILES string of the molecule is COc1c(C(C)=O)cc(Cl)c(C)c1-c1ccc(C(=O)O)c(F)c1. The molecule has 0 atom stereocenters. The topological polar surface area (TPSA) is 63.6 Å². The predicted octanol–water partition coefficient (Wildman–Crippen LogP) is 4.36. The van der Waals surface area contributed by atoms with E-state index in [0.29, 0.717) is 21.7 Å². The zero-order valence-corrected chi connectivity index (χ0v) is 13.5. The number of methoxy groups -OCH3 is 1. The van der Waals surface area contributed by atoms with Crippen molar-refractivity contribution in [1.82, 2.24) is 0 Å². The summed E-state index contributed by atoms with van der Waals surface area (Å²) in [5.74, 6) is -2.19. The number of hydrogen-bond donors (Lipinski definition) is 1. The molecule has 0 aliphatic carbocycles. The molecule has 1 N–H and O–H groups in total. The lowest BCUT2D eigenvalue weighted by molar-refractivity contribution is 0.0691. The average molecular weight is 337 g/mol. The van der Waals surface area contributed by atoms with Gasteiger partial charge in [-0.3, -0.25) is 4.79 Å². The number of carbonyl (C=O) groups is 2. The van der Waals surface area contributed by atoms with Crippen LogP contribution >= 0.6 is 11.6 Å². The van der Waals surface area contributed by atoms with Crippen molar-refractivity contribution in [3.63, 3.8) is 0 Å². The first-order valence-corrected chi connectivity index (χ1v) is 7.07. The highest BCUT2D eigenvalue weighted by Crippen LogP contribution is 2.40. The Hall–Kier alpha value is -2.40. The van der Waals surface area contributed by atoms with E-state index in [1.807, 2.05) is 0 Å². The van der Waals surface area contributed by atoms with Crippen LogP contribution in [0.1, 0.15) is 33.2 Å². The molecule has 0 unspecified atom stereocenters. The Balaban J connectivity index is 2.79. The van der Waals surface area contributed by atoms with Crippen molar-refractivity contribution in [3.05, 3.63) is 51.8 Å². The molecule has 23 heavy (non-hydrogen) atoms. The van der Waals surface area contributed by atoms with Crippen molar-refractivity contribution in [2.24, 2.45) is 0 Å². The lowest BCUT2D eigenvalue weighted by atomic mass is 9.94. The molecule has 0 heterocycles.